The van der Waals surface area contributed by atoms with E-state index in [0.717, 1.165) is 44.5 Å². The average Bonchev–Trinajstić information content (AvgIpc) is 2.56. The van der Waals surface area contributed by atoms with Crippen molar-refractivity contribution in [2.24, 2.45) is 0 Å². The third kappa shape index (κ3) is 5.68. The van der Waals surface area contributed by atoms with E-state index in [1.165, 1.54) is 0 Å². The van der Waals surface area contributed by atoms with Gasteiger partial charge in [-0.25, -0.2) is 4.79 Å². The van der Waals surface area contributed by atoms with Gasteiger partial charge in [0.15, 0.2) is 0 Å². The second-order valence-corrected chi connectivity index (χ2v) is 6.46. The van der Waals surface area contributed by atoms with Gasteiger partial charge in [-0.3, -0.25) is 0 Å². The molecule has 1 saturated heterocycles. The maximum Gasteiger partial charge on any atom is 0.315 e. The molecule has 1 atom stereocenters. The number of carbonyl (C=O) groups excluding carboxylic acids is 1. The van der Waals surface area contributed by atoms with Gasteiger partial charge in [0.2, 0.25) is 0 Å². The minimum Gasteiger partial charge on any atom is -0.394 e. The molecule has 23 heavy (non-hydrogen) atoms. The summed E-state index contributed by atoms with van der Waals surface area (Å²) in [6.45, 7) is 5.22. The molecule has 1 fully saturated rings. The number of likely N-dealkylation sites (tertiary alicyclic amines) is 1. The number of hydrogen-bond acceptors (Lipinski definition) is 3. The Labute approximate surface area is 143 Å². The Kier molecular flexibility index (Phi) is 7.15. The van der Waals surface area contributed by atoms with Crippen molar-refractivity contribution in [2.75, 3.05) is 26.2 Å². The predicted molar refractivity (Wildman–Crippen MR) is 92.7 cm³/mol. The molecule has 0 aliphatic carbocycles. The van der Waals surface area contributed by atoms with E-state index in [1.54, 1.807) is 12.1 Å². The molecule has 0 bridgehead atoms. The van der Waals surface area contributed by atoms with Crippen molar-refractivity contribution in [1.29, 1.82) is 0 Å². The Morgan fingerprint density at radius 3 is 2.57 bits per heavy atom. The number of hydrogen-bond donors (Lipinski definition) is 3. The molecule has 2 rings (SSSR count). The van der Waals surface area contributed by atoms with Crippen molar-refractivity contribution in [3.05, 3.63) is 34.9 Å². The van der Waals surface area contributed by atoms with Crippen molar-refractivity contribution in [1.82, 2.24) is 15.5 Å². The summed E-state index contributed by atoms with van der Waals surface area (Å²) in [5, 5.41) is 16.0. The van der Waals surface area contributed by atoms with Gasteiger partial charge in [-0.05, 0) is 43.5 Å². The van der Waals surface area contributed by atoms with Crippen LogP contribution in [0.1, 0.15) is 37.8 Å². The highest BCUT2D eigenvalue weighted by atomic mass is 35.5. The van der Waals surface area contributed by atoms with E-state index in [-0.39, 0.29) is 18.7 Å². The second kappa shape index (κ2) is 9.11. The Hall–Kier alpha value is -1.30. The van der Waals surface area contributed by atoms with Crippen LogP contribution in [0.4, 0.5) is 4.79 Å². The Balaban J connectivity index is 1.80. The number of aliphatic hydroxyl groups excluding tert-OH is 1. The molecule has 1 unspecified atom stereocenters. The van der Waals surface area contributed by atoms with Gasteiger partial charge in [-0.1, -0.05) is 30.7 Å². The number of benzene rings is 1. The summed E-state index contributed by atoms with van der Waals surface area (Å²) >= 11 is 5.86. The van der Waals surface area contributed by atoms with E-state index >= 15 is 0 Å². The minimum atomic E-state index is -0.424. The first-order valence-electron chi connectivity index (χ1n) is 8.28. The molecule has 1 aliphatic heterocycles. The van der Waals surface area contributed by atoms with Gasteiger partial charge in [0.1, 0.15) is 0 Å². The lowest BCUT2D eigenvalue weighted by atomic mass is 10.0. The molecule has 1 aliphatic rings. The average molecular weight is 340 g/mol. The van der Waals surface area contributed by atoms with Crippen LogP contribution in [0.15, 0.2) is 24.3 Å². The summed E-state index contributed by atoms with van der Waals surface area (Å²) in [5.74, 6) is 0. The van der Waals surface area contributed by atoms with E-state index in [2.05, 4.69) is 22.5 Å². The summed E-state index contributed by atoms with van der Waals surface area (Å²) in [6, 6.07) is 6.68. The van der Waals surface area contributed by atoms with Crippen molar-refractivity contribution in [2.45, 2.75) is 38.3 Å². The Morgan fingerprint density at radius 2 is 2.00 bits per heavy atom. The van der Waals surface area contributed by atoms with Crippen LogP contribution in [0.25, 0.3) is 0 Å². The zero-order valence-electron chi connectivity index (χ0n) is 13.6. The van der Waals surface area contributed by atoms with Crippen LogP contribution < -0.4 is 10.6 Å². The van der Waals surface area contributed by atoms with Gasteiger partial charge in [0.25, 0.3) is 0 Å². The molecule has 3 N–H and O–H groups in total. The molecule has 1 aromatic rings. The van der Waals surface area contributed by atoms with Crippen molar-refractivity contribution >= 4 is 17.6 Å². The van der Waals surface area contributed by atoms with Crippen LogP contribution in [-0.4, -0.2) is 48.3 Å². The van der Waals surface area contributed by atoms with Crippen LogP contribution in [0.5, 0.6) is 0 Å². The first kappa shape index (κ1) is 18.0. The fourth-order valence-electron chi connectivity index (χ4n) is 2.93. The number of piperidine rings is 1. The van der Waals surface area contributed by atoms with E-state index < -0.39 is 6.04 Å². The molecule has 0 radical (unpaired) electrons. The first-order chi connectivity index (χ1) is 11.1. The lowest BCUT2D eigenvalue weighted by Gasteiger charge is -2.32. The molecule has 1 heterocycles. The number of nitrogens with one attached hydrogen (secondary N) is 2. The zero-order chi connectivity index (χ0) is 16.7. The number of nitrogens with zero attached hydrogens (tertiary/aromatic N) is 1. The van der Waals surface area contributed by atoms with E-state index in [0.29, 0.717) is 5.02 Å². The van der Waals surface area contributed by atoms with Crippen molar-refractivity contribution in [3.63, 3.8) is 0 Å². The quantitative estimate of drug-likeness (QED) is 0.746. The zero-order valence-corrected chi connectivity index (χ0v) is 14.4. The second-order valence-electron chi connectivity index (χ2n) is 6.02. The van der Waals surface area contributed by atoms with Gasteiger partial charge in [0, 0.05) is 24.2 Å². The lowest BCUT2D eigenvalue weighted by Crippen LogP contribution is -2.49. The maximum absolute atomic E-state index is 12.2. The predicted octanol–water partition coefficient (Wildman–Crippen LogP) is 2.55. The van der Waals surface area contributed by atoms with Gasteiger partial charge in [-0.15, -0.1) is 0 Å². The molecular formula is C17H26ClN3O2. The van der Waals surface area contributed by atoms with E-state index in [1.807, 2.05) is 12.1 Å². The number of halogens is 1. The maximum atomic E-state index is 12.2. The molecule has 1 aromatic carbocycles. The number of carbonyl (C=O) groups is 1. The lowest BCUT2D eigenvalue weighted by molar-refractivity contribution is 0.186. The number of amides is 2. The molecular weight excluding hydrogens is 314 g/mol. The molecule has 5 nitrogen and oxygen atoms in total. The number of aliphatic hydroxyl groups is 1. The molecule has 2 amide bonds. The highest BCUT2D eigenvalue weighted by Gasteiger charge is 2.21. The summed E-state index contributed by atoms with van der Waals surface area (Å²) in [6.07, 6.45) is 3.11. The van der Waals surface area contributed by atoms with Crippen molar-refractivity contribution in [3.8, 4) is 0 Å². The standard InChI is InChI=1S/C17H26ClN3O2/c1-2-9-21-10-7-15(8-11-21)19-17(23)20-16(12-22)13-3-5-14(18)6-4-13/h3-6,15-16,22H,2,7-12H2,1H3,(H2,19,20,23). The third-order valence-corrected chi connectivity index (χ3v) is 4.47. The molecule has 128 valence electrons. The highest BCUT2D eigenvalue weighted by Crippen LogP contribution is 2.16. The number of rotatable bonds is 6. The SMILES string of the molecule is CCCN1CCC(NC(=O)NC(CO)c2ccc(Cl)cc2)CC1. The minimum absolute atomic E-state index is 0.149. The molecule has 0 aromatic heterocycles. The van der Waals surface area contributed by atoms with Gasteiger partial charge in [-0.2, -0.15) is 0 Å². The summed E-state index contributed by atoms with van der Waals surface area (Å²) in [5.41, 5.74) is 0.838. The summed E-state index contributed by atoms with van der Waals surface area (Å²) < 4.78 is 0. The van der Waals surface area contributed by atoms with Crippen molar-refractivity contribution < 1.29 is 9.90 Å². The summed E-state index contributed by atoms with van der Waals surface area (Å²) in [4.78, 5) is 14.6. The van der Waals surface area contributed by atoms with Crippen LogP contribution in [0.3, 0.4) is 0 Å². The smallest absolute Gasteiger partial charge is 0.315 e. The Bertz CT molecular complexity index is 487. The van der Waals surface area contributed by atoms with Crippen LogP contribution in [0.2, 0.25) is 5.02 Å². The highest BCUT2D eigenvalue weighted by molar-refractivity contribution is 6.30. The van der Waals surface area contributed by atoms with Gasteiger partial charge in [0.05, 0.1) is 12.6 Å². The number of urea groups is 1. The molecule has 6 heteroatoms. The first-order valence-corrected chi connectivity index (χ1v) is 8.66. The molecule has 0 spiro atoms. The van der Waals surface area contributed by atoms with Crippen LogP contribution >= 0.6 is 11.6 Å². The summed E-state index contributed by atoms with van der Waals surface area (Å²) in [7, 11) is 0. The van der Waals surface area contributed by atoms with Gasteiger partial charge < -0.3 is 20.6 Å². The third-order valence-electron chi connectivity index (χ3n) is 4.22. The topological polar surface area (TPSA) is 64.6 Å². The largest absolute Gasteiger partial charge is 0.394 e. The van der Waals surface area contributed by atoms with E-state index in [9.17, 15) is 9.90 Å². The van der Waals surface area contributed by atoms with Crippen LogP contribution in [-0.2, 0) is 0 Å². The fourth-order valence-corrected chi connectivity index (χ4v) is 3.06. The normalized spacial score (nSPS) is 17.7. The monoisotopic (exact) mass is 339 g/mol. The molecule has 0 saturated carbocycles. The Morgan fingerprint density at radius 1 is 1.35 bits per heavy atom. The van der Waals surface area contributed by atoms with E-state index in [4.69, 9.17) is 11.6 Å². The fraction of sp³-hybridized carbons (Fsp3) is 0.588. The van der Waals surface area contributed by atoms with Gasteiger partial charge >= 0.3 is 6.03 Å². The van der Waals surface area contributed by atoms with Crippen LogP contribution in [0, 0.1) is 0 Å².